The molecule has 0 heterocycles. The summed E-state index contributed by atoms with van der Waals surface area (Å²) in [6.07, 6.45) is 0. The Bertz CT molecular complexity index is 1140. The molecule has 5 rings (SSSR count). The van der Waals surface area contributed by atoms with Gasteiger partial charge in [-0.2, -0.15) is 0 Å². The van der Waals surface area contributed by atoms with E-state index in [9.17, 15) is 0 Å². The van der Waals surface area contributed by atoms with Crippen LogP contribution < -0.4 is 4.90 Å². The molecule has 0 aromatic heterocycles. The largest absolute Gasteiger partial charge is 0.310 e. The normalized spacial score (nSPS) is 13.6. The van der Waals surface area contributed by atoms with Crippen LogP contribution in [-0.2, 0) is 5.41 Å². The Morgan fingerprint density at radius 2 is 1.17 bits per heavy atom. The van der Waals surface area contributed by atoms with Crippen molar-refractivity contribution < 1.29 is 0 Å². The summed E-state index contributed by atoms with van der Waals surface area (Å²) in [5.74, 6) is 0. The van der Waals surface area contributed by atoms with E-state index in [1.807, 2.05) is 12.1 Å². The summed E-state index contributed by atoms with van der Waals surface area (Å²) in [5.41, 5.74) is 8.23. The Balaban J connectivity index is 1.75. The first-order chi connectivity index (χ1) is 14.1. The summed E-state index contributed by atoms with van der Waals surface area (Å²) in [7, 11) is 0. The van der Waals surface area contributed by atoms with E-state index < -0.39 is 0 Å². The van der Waals surface area contributed by atoms with Gasteiger partial charge in [-0.1, -0.05) is 86.1 Å². The van der Waals surface area contributed by atoms with Crippen LogP contribution in [-0.4, -0.2) is 0 Å². The van der Waals surface area contributed by atoms with Gasteiger partial charge in [0.05, 0.1) is 5.02 Å². The number of hydrogen-bond acceptors (Lipinski definition) is 1. The van der Waals surface area contributed by atoms with Gasteiger partial charge < -0.3 is 4.90 Å². The zero-order valence-corrected chi connectivity index (χ0v) is 17.3. The Labute approximate surface area is 177 Å². The average molecular weight is 396 g/mol. The van der Waals surface area contributed by atoms with Gasteiger partial charge in [0.15, 0.2) is 0 Å². The number of fused-ring (bicyclic) bond motifs is 3. The molecule has 0 aliphatic heterocycles. The third kappa shape index (κ3) is 2.85. The number of para-hydroxylation sites is 2. The second-order valence-electron chi connectivity index (χ2n) is 8.03. The fourth-order valence-corrected chi connectivity index (χ4v) is 4.80. The van der Waals surface area contributed by atoms with Crippen molar-refractivity contribution in [3.8, 4) is 11.1 Å². The first-order valence-corrected chi connectivity index (χ1v) is 10.3. The van der Waals surface area contributed by atoms with Gasteiger partial charge in [0, 0.05) is 28.0 Å². The number of rotatable bonds is 3. The highest BCUT2D eigenvalue weighted by Crippen LogP contribution is 2.53. The maximum atomic E-state index is 6.92. The van der Waals surface area contributed by atoms with E-state index in [1.165, 1.54) is 16.7 Å². The molecule has 0 unspecified atom stereocenters. The summed E-state index contributed by atoms with van der Waals surface area (Å²) in [4.78, 5) is 2.27. The standard InChI is InChI=1S/C27H22ClN/c1-27(2)23-16-10-9-15-22(23)26-24(27)17-21(18-25(26)28)29(19-11-5-3-6-12-19)20-13-7-4-8-14-20/h3-18H,1-2H3. The zero-order valence-electron chi connectivity index (χ0n) is 16.6. The minimum atomic E-state index is -0.0926. The van der Waals surface area contributed by atoms with Gasteiger partial charge in [0.25, 0.3) is 0 Å². The van der Waals surface area contributed by atoms with Gasteiger partial charge >= 0.3 is 0 Å². The molecule has 0 atom stereocenters. The SMILES string of the molecule is CC1(C)c2ccccc2-c2c(Cl)cc(N(c3ccccc3)c3ccccc3)cc21. The minimum Gasteiger partial charge on any atom is -0.310 e. The first kappa shape index (κ1) is 18.0. The van der Waals surface area contributed by atoms with E-state index in [2.05, 4.69) is 104 Å². The highest BCUT2D eigenvalue weighted by atomic mass is 35.5. The first-order valence-electron chi connectivity index (χ1n) is 9.91. The number of halogens is 1. The van der Waals surface area contributed by atoms with Gasteiger partial charge in [-0.05, 0) is 53.1 Å². The lowest BCUT2D eigenvalue weighted by Gasteiger charge is -2.28. The van der Waals surface area contributed by atoms with Crippen molar-refractivity contribution in [2.75, 3.05) is 4.90 Å². The fraction of sp³-hybridized carbons (Fsp3) is 0.111. The predicted molar refractivity (Wildman–Crippen MR) is 124 cm³/mol. The zero-order chi connectivity index (χ0) is 20.0. The van der Waals surface area contributed by atoms with Crippen molar-refractivity contribution in [3.63, 3.8) is 0 Å². The molecule has 1 aliphatic carbocycles. The molecule has 4 aromatic rings. The van der Waals surface area contributed by atoms with Gasteiger partial charge in [-0.15, -0.1) is 0 Å². The van der Waals surface area contributed by atoms with Crippen molar-refractivity contribution in [1.82, 2.24) is 0 Å². The maximum Gasteiger partial charge on any atom is 0.0508 e. The molecule has 0 saturated carbocycles. The van der Waals surface area contributed by atoms with Gasteiger partial charge in [-0.3, -0.25) is 0 Å². The molecule has 0 fully saturated rings. The van der Waals surface area contributed by atoms with E-state index >= 15 is 0 Å². The van der Waals surface area contributed by atoms with E-state index in [4.69, 9.17) is 11.6 Å². The molecule has 2 heteroatoms. The lowest BCUT2D eigenvalue weighted by Crippen LogP contribution is -2.16. The van der Waals surface area contributed by atoms with E-state index in [0.29, 0.717) is 0 Å². The van der Waals surface area contributed by atoms with Gasteiger partial charge in [0.1, 0.15) is 0 Å². The molecule has 1 nitrogen and oxygen atoms in total. The van der Waals surface area contributed by atoms with Gasteiger partial charge in [0.2, 0.25) is 0 Å². The predicted octanol–water partition coefficient (Wildman–Crippen LogP) is 8.12. The molecule has 0 N–H and O–H groups in total. The molecular formula is C27H22ClN. The molecule has 0 radical (unpaired) electrons. The van der Waals surface area contributed by atoms with Crippen molar-refractivity contribution in [2.45, 2.75) is 19.3 Å². The molecule has 0 amide bonds. The Morgan fingerprint density at radius 3 is 1.79 bits per heavy atom. The van der Waals surface area contributed by atoms with Crippen LogP contribution in [0.1, 0.15) is 25.0 Å². The Morgan fingerprint density at radius 1 is 0.621 bits per heavy atom. The van der Waals surface area contributed by atoms with Crippen LogP contribution in [0.3, 0.4) is 0 Å². The van der Waals surface area contributed by atoms with E-state index in [-0.39, 0.29) is 5.41 Å². The summed E-state index contributed by atoms with van der Waals surface area (Å²) in [6, 6.07) is 33.9. The number of nitrogens with zero attached hydrogens (tertiary/aromatic N) is 1. The molecular weight excluding hydrogens is 374 g/mol. The molecule has 0 bridgehead atoms. The van der Waals surface area contributed by atoms with Crippen LogP contribution in [0.15, 0.2) is 97.1 Å². The average Bonchev–Trinajstić information content (AvgIpc) is 2.98. The van der Waals surface area contributed by atoms with Gasteiger partial charge in [-0.25, -0.2) is 0 Å². The highest BCUT2D eigenvalue weighted by molar-refractivity contribution is 6.34. The molecule has 0 spiro atoms. The minimum absolute atomic E-state index is 0.0926. The molecule has 0 saturated heterocycles. The topological polar surface area (TPSA) is 3.24 Å². The Hall–Kier alpha value is -3.03. The van der Waals surface area contributed by atoms with Crippen LogP contribution in [0.4, 0.5) is 17.1 Å². The van der Waals surface area contributed by atoms with Crippen LogP contribution >= 0.6 is 11.6 Å². The monoisotopic (exact) mass is 395 g/mol. The second-order valence-corrected chi connectivity index (χ2v) is 8.43. The molecule has 4 aromatic carbocycles. The number of benzene rings is 4. The summed E-state index contributed by atoms with van der Waals surface area (Å²) in [6.45, 7) is 4.57. The summed E-state index contributed by atoms with van der Waals surface area (Å²) in [5, 5.41) is 0.799. The molecule has 29 heavy (non-hydrogen) atoms. The maximum absolute atomic E-state index is 6.92. The van der Waals surface area contributed by atoms with Crippen molar-refractivity contribution in [1.29, 1.82) is 0 Å². The third-order valence-corrected chi connectivity index (χ3v) is 6.20. The van der Waals surface area contributed by atoms with Crippen LogP contribution in [0.2, 0.25) is 5.02 Å². The summed E-state index contributed by atoms with van der Waals surface area (Å²) >= 11 is 6.92. The quantitative estimate of drug-likeness (QED) is 0.338. The second kappa shape index (κ2) is 6.79. The molecule has 142 valence electrons. The van der Waals surface area contributed by atoms with Crippen molar-refractivity contribution >= 4 is 28.7 Å². The lowest BCUT2D eigenvalue weighted by atomic mass is 9.82. The number of anilines is 3. The fourth-order valence-electron chi connectivity index (χ4n) is 4.48. The third-order valence-electron chi connectivity index (χ3n) is 5.91. The highest BCUT2D eigenvalue weighted by Gasteiger charge is 2.37. The van der Waals surface area contributed by atoms with E-state index in [0.717, 1.165) is 27.6 Å². The molecule has 1 aliphatic rings. The van der Waals surface area contributed by atoms with Crippen LogP contribution in [0.5, 0.6) is 0 Å². The van der Waals surface area contributed by atoms with E-state index in [1.54, 1.807) is 0 Å². The summed E-state index contributed by atoms with van der Waals surface area (Å²) < 4.78 is 0. The van der Waals surface area contributed by atoms with Crippen LogP contribution in [0, 0.1) is 0 Å². The van der Waals surface area contributed by atoms with Crippen LogP contribution in [0.25, 0.3) is 11.1 Å². The lowest BCUT2D eigenvalue weighted by molar-refractivity contribution is 0.660. The van der Waals surface area contributed by atoms with Crippen molar-refractivity contribution in [2.24, 2.45) is 0 Å². The smallest absolute Gasteiger partial charge is 0.0508 e. The Kier molecular flexibility index (Phi) is 4.22. The van der Waals surface area contributed by atoms with Crippen molar-refractivity contribution in [3.05, 3.63) is 113 Å². The number of hydrogen-bond donors (Lipinski definition) is 0.